The van der Waals surface area contributed by atoms with Gasteiger partial charge in [0.1, 0.15) is 0 Å². The molecule has 1 unspecified atom stereocenters. The van der Waals surface area contributed by atoms with E-state index in [4.69, 9.17) is 0 Å². The first-order valence-electron chi connectivity index (χ1n) is 9.10. The molecule has 0 aliphatic heterocycles. The lowest BCUT2D eigenvalue weighted by molar-refractivity contribution is 0.208. The largest absolute Gasteiger partial charge is 0.314 e. The van der Waals surface area contributed by atoms with Gasteiger partial charge in [-0.15, -0.1) is 0 Å². The molecule has 1 saturated carbocycles. The predicted octanol–water partition coefficient (Wildman–Crippen LogP) is 5.20. The van der Waals surface area contributed by atoms with E-state index in [1.54, 1.807) is 0 Å². The topological polar surface area (TPSA) is 12.0 Å². The van der Waals surface area contributed by atoms with Crippen LogP contribution in [0.2, 0.25) is 0 Å². The zero-order valence-corrected chi connectivity index (χ0v) is 14.0. The first-order chi connectivity index (χ1) is 10.3. The van der Waals surface area contributed by atoms with E-state index >= 15 is 0 Å². The molecule has 1 aromatic rings. The summed E-state index contributed by atoms with van der Waals surface area (Å²) in [4.78, 5) is 0. The van der Waals surface area contributed by atoms with Crippen molar-refractivity contribution in [2.75, 3.05) is 6.54 Å². The van der Waals surface area contributed by atoms with Crippen molar-refractivity contribution in [1.29, 1.82) is 0 Å². The van der Waals surface area contributed by atoms with Gasteiger partial charge in [-0.25, -0.2) is 0 Å². The molecule has 0 spiro atoms. The first-order valence-corrected chi connectivity index (χ1v) is 9.10. The minimum Gasteiger partial charge on any atom is -0.314 e. The van der Waals surface area contributed by atoms with E-state index in [2.05, 4.69) is 49.5 Å². The Labute approximate surface area is 131 Å². The van der Waals surface area contributed by atoms with Gasteiger partial charge in [-0.3, -0.25) is 0 Å². The molecule has 2 rings (SSSR count). The van der Waals surface area contributed by atoms with Gasteiger partial charge in [0, 0.05) is 6.04 Å². The van der Waals surface area contributed by atoms with E-state index < -0.39 is 0 Å². The molecule has 1 heteroatoms. The van der Waals surface area contributed by atoms with Crippen LogP contribution in [-0.2, 0) is 6.42 Å². The van der Waals surface area contributed by atoms with Gasteiger partial charge < -0.3 is 5.32 Å². The van der Waals surface area contributed by atoms with Gasteiger partial charge in [-0.2, -0.15) is 0 Å². The van der Waals surface area contributed by atoms with Crippen molar-refractivity contribution < 1.29 is 0 Å². The lowest BCUT2D eigenvalue weighted by Gasteiger charge is -2.34. The van der Waals surface area contributed by atoms with Gasteiger partial charge in [-0.05, 0) is 49.6 Å². The molecule has 0 aromatic heterocycles. The van der Waals surface area contributed by atoms with Gasteiger partial charge in [0.05, 0.1) is 0 Å². The zero-order chi connectivity index (χ0) is 14.9. The highest BCUT2D eigenvalue weighted by atomic mass is 14.9. The molecule has 0 radical (unpaired) electrons. The lowest BCUT2D eigenvalue weighted by atomic mass is 9.76. The van der Waals surface area contributed by atoms with Crippen LogP contribution in [0.3, 0.4) is 0 Å². The van der Waals surface area contributed by atoms with Crippen LogP contribution in [0, 0.1) is 11.8 Å². The summed E-state index contributed by atoms with van der Waals surface area (Å²) in [5.41, 5.74) is 1.49. The Morgan fingerprint density at radius 3 is 2.38 bits per heavy atom. The number of nitrogens with one attached hydrogen (secondary N) is 1. The molecule has 1 aromatic carbocycles. The van der Waals surface area contributed by atoms with Crippen molar-refractivity contribution in [1.82, 2.24) is 5.32 Å². The predicted molar refractivity (Wildman–Crippen MR) is 92.6 cm³/mol. The van der Waals surface area contributed by atoms with E-state index in [-0.39, 0.29) is 0 Å². The normalized spacial score (nSPS) is 23.9. The summed E-state index contributed by atoms with van der Waals surface area (Å²) >= 11 is 0. The Balaban J connectivity index is 1.81. The Bertz CT molecular complexity index is 365. The number of hydrogen-bond acceptors (Lipinski definition) is 1. The maximum atomic E-state index is 3.77. The molecule has 1 fully saturated rings. The maximum Gasteiger partial charge on any atom is 0.00983 e. The molecular weight excluding hydrogens is 254 g/mol. The van der Waals surface area contributed by atoms with Crippen molar-refractivity contribution in [2.24, 2.45) is 11.8 Å². The number of hydrogen-bond donors (Lipinski definition) is 1. The minimum absolute atomic E-state index is 0.720. The van der Waals surface area contributed by atoms with Crippen LogP contribution < -0.4 is 5.32 Å². The summed E-state index contributed by atoms with van der Waals surface area (Å²) in [6.45, 7) is 5.68. The quantitative estimate of drug-likeness (QED) is 0.692. The highest BCUT2D eigenvalue weighted by molar-refractivity contribution is 5.14. The average molecular weight is 287 g/mol. The van der Waals surface area contributed by atoms with Gasteiger partial charge >= 0.3 is 0 Å². The highest BCUT2D eigenvalue weighted by Crippen LogP contribution is 2.34. The van der Waals surface area contributed by atoms with Gasteiger partial charge in [0.25, 0.3) is 0 Å². The fourth-order valence-corrected chi connectivity index (χ4v) is 4.02. The van der Waals surface area contributed by atoms with Crippen LogP contribution in [0.15, 0.2) is 30.3 Å². The van der Waals surface area contributed by atoms with Gasteiger partial charge in [-0.1, -0.05) is 69.9 Å². The Morgan fingerprint density at radius 2 is 1.76 bits per heavy atom. The molecule has 0 saturated heterocycles. The molecule has 1 aliphatic rings. The van der Waals surface area contributed by atoms with Gasteiger partial charge in [0.2, 0.25) is 0 Å². The fraction of sp³-hybridized carbons (Fsp3) is 0.700. The minimum atomic E-state index is 0.720. The van der Waals surface area contributed by atoms with E-state index in [1.165, 1.54) is 56.9 Å². The summed E-state index contributed by atoms with van der Waals surface area (Å²) in [6.07, 6.45) is 11.1. The summed E-state index contributed by atoms with van der Waals surface area (Å²) in [7, 11) is 0. The van der Waals surface area contributed by atoms with Crippen molar-refractivity contribution >= 4 is 0 Å². The fourth-order valence-electron chi connectivity index (χ4n) is 4.02. The van der Waals surface area contributed by atoms with E-state index in [1.807, 2.05) is 0 Å². The molecule has 0 amide bonds. The molecule has 1 nitrogen and oxygen atoms in total. The third-order valence-corrected chi connectivity index (χ3v) is 5.21. The van der Waals surface area contributed by atoms with Crippen molar-refractivity contribution in [3.8, 4) is 0 Å². The lowest BCUT2D eigenvalue weighted by Crippen LogP contribution is -2.38. The third-order valence-electron chi connectivity index (χ3n) is 5.21. The second-order valence-electron chi connectivity index (χ2n) is 6.76. The van der Waals surface area contributed by atoms with Crippen LogP contribution in [0.5, 0.6) is 0 Å². The molecule has 0 bridgehead atoms. The molecule has 1 aliphatic carbocycles. The van der Waals surface area contributed by atoms with Crippen LogP contribution in [0.25, 0.3) is 0 Å². The van der Waals surface area contributed by atoms with Crippen LogP contribution in [0.1, 0.15) is 64.4 Å². The molecule has 118 valence electrons. The molecule has 21 heavy (non-hydrogen) atoms. The summed E-state index contributed by atoms with van der Waals surface area (Å²) < 4.78 is 0. The summed E-state index contributed by atoms with van der Waals surface area (Å²) in [6, 6.07) is 11.7. The monoisotopic (exact) mass is 287 g/mol. The Morgan fingerprint density at radius 1 is 1.05 bits per heavy atom. The van der Waals surface area contributed by atoms with Crippen LogP contribution in [-0.4, -0.2) is 12.6 Å². The first kappa shape index (κ1) is 16.5. The number of rotatable bonds is 8. The summed E-state index contributed by atoms with van der Waals surface area (Å²) in [5, 5.41) is 3.77. The average Bonchev–Trinajstić information content (AvgIpc) is 2.54. The van der Waals surface area contributed by atoms with E-state index in [0.29, 0.717) is 0 Å². The Kier molecular flexibility index (Phi) is 7.29. The Hall–Kier alpha value is -0.820. The standard InChI is InChI=1S/C20H33N/c1-3-8-17-11-14-19(15-12-17)20(21-4-2)16-13-18-9-6-5-7-10-18/h5-7,9-10,17,19-21H,3-4,8,11-16H2,1-2H3. The van der Waals surface area contributed by atoms with Gasteiger partial charge in [0.15, 0.2) is 0 Å². The molecule has 0 heterocycles. The SMILES string of the molecule is CCCC1CCC(C(CCc2ccccc2)NCC)CC1. The van der Waals surface area contributed by atoms with E-state index in [0.717, 1.165) is 24.4 Å². The zero-order valence-electron chi connectivity index (χ0n) is 14.0. The molecular formula is C20H33N. The molecule has 1 N–H and O–H groups in total. The molecule has 1 atom stereocenters. The van der Waals surface area contributed by atoms with Crippen LogP contribution in [0.4, 0.5) is 0 Å². The number of benzene rings is 1. The van der Waals surface area contributed by atoms with Crippen LogP contribution >= 0.6 is 0 Å². The second-order valence-corrected chi connectivity index (χ2v) is 6.76. The van der Waals surface area contributed by atoms with Crippen molar-refractivity contribution in [3.63, 3.8) is 0 Å². The summed E-state index contributed by atoms with van der Waals surface area (Å²) in [5.74, 6) is 1.92. The smallest absolute Gasteiger partial charge is 0.00983 e. The second kappa shape index (κ2) is 9.25. The van der Waals surface area contributed by atoms with Crippen molar-refractivity contribution in [3.05, 3.63) is 35.9 Å². The highest BCUT2D eigenvalue weighted by Gasteiger charge is 2.26. The van der Waals surface area contributed by atoms with Crippen molar-refractivity contribution in [2.45, 2.75) is 71.3 Å². The number of aryl methyl sites for hydroxylation is 1. The van der Waals surface area contributed by atoms with E-state index in [9.17, 15) is 0 Å². The maximum absolute atomic E-state index is 3.77. The third kappa shape index (κ3) is 5.47.